The average molecular weight is 250 g/mol. The highest BCUT2D eigenvalue weighted by Gasteiger charge is 2.12. The molecule has 0 bridgehead atoms. The van der Waals surface area contributed by atoms with Gasteiger partial charge in [-0.15, -0.1) is 0 Å². The molecule has 0 heterocycles. The normalized spacial score (nSPS) is 11.5. The molecule has 6 heteroatoms. The third-order valence-electron chi connectivity index (χ3n) is 1.59. The third kappa shape index (κ3) is 11.8. The molecule has 0 saturated heterocycles. The monoisotopic (exact) mass is 250 g/mol. The Balaban J connectivity index is 3.31. The van der Waals surface area contributed by atoms with Crippen molar-refractivity contribution in [1.82, 2.24) is 5.32 Å². The molecule has 0 fully saturated rings. The van der Waals surface area contributed by atoms with Crippen LogP contribution in [-0.4, -0.2) is 50.2 Å². The molecule has 0 saturated carbocycles. The first kappa shape index (κ1) is 15.7. The molecule has 0 rings (SSSR count). The van der Waals surface area contributed by atoms with E-state index in [1.54, 1.807) is 0 Å². The second-order valence-corrected chi connectivity index (χ2v) is 5.25. The molecule has 3 N–H and O–H groups in total. The largest absolute Gasteiger partial charge is 0.378 e. The molecule has 0 aromatic rings. The maximum atomic E-state index is 11.2. The second-order valence-electron chi connectivity index (χ2n) is 4.04. The van der Waals surface area contributed by atoms with Crippen LogP contribution < -0.4 is 11.1 Å². The van der Waals surface area contributed by atoms with E-state index in [1.165, 1.54) is 0 Å². The Morgan fingerprint density at radius 3 is 2.50 bits per heavy atom. The first-order chi connectivity index (χ1) is 7.45. The molecule has 0 aliphatic carbocycles. The predicted molar refractivity (Wildman–Crippen MR) is 66.8 cm³/mol. The van der Waals surface area contributed by atoms with Crippen molar-refractivity contribution in [3.63, 3.8) is 0 Å². The Hall–Kier alpha value is -0.300. The van der Waals surface area contributed by atoms with Crippen LogP contribution in [0.4, 0.5) is 0 Å². The topological polar surface area (TPSA) is 73.6 Å². The number of nitrogens with two attached hydrogens (primary N) is 1. The molecule has 96 valence electrons. The molecule has 0 aliphatic heterocycles. The number of thiol groups is 1. The SMILES string of the molecule is CC(C)(S)CNC(=O)COCCOCCN. The lowest BCUT2D eigenvalue weighted by Gasteiger charge is -2.17. The fraction of sp³-hybridized carbons (Fsp3) is 0.900. The lowest BCUT2D eigenvalue weighted by Crippen LogP contribution is -2.37. The van der Waals surface area contributed by atoms with E-state index < -0.39 is 0 Å². The van der Waals surface area contributed by atoms with Gasteiger partial charge in [0.05, 0.1) is 19.8 Å². The van der Waals surface area contributed by atoms with E-state index in [0.29, 0.717) is 32.9 Å². The first-order valence-electron chi connectivity index (χ1n) is 5.30. The first-order valence-corrected chi connectivity index (χ1v) is 5.75. The van der Waals surface area contributed by atoms with Gasteiger partial charge in [0.25, 0.3) is 0 Å². The van der Waals surface area contributed by atoms with Crippen molar-refractivity contribution in [3.05, 3.63) is 0 Å². The molecular weight excluding hydrogens is 228 g/mol. The maximum absolute atomic E-state index is 11.2. The number of hydrogen-bond donors (Lipinski definition) is 3. The van der Waals surface area contributed by atoms with E-state index >= 15 is 0 Å². The van der Waals surface area contributed by atoms with Gasteiger partial charge in [0.15, 0.2) is 0 Å². The van der Waals surface area contributed by atoms with Gasteiger partial charge in [-0.1, -0.05) is 0 Å². The van der Waals surface area contributed by atoms with E-state index in [9.17, 15) is 4.79 Å². The summed E-state index contributed by atoms with van der Waals surface area (Å²) >= 11 is 4.29. The number of rotatable bonds is 9. The fourth-order valence-electron chi connectivity index (χ4n) is 0.834. The van der Waals surface area contributed by atoms with Crippen LogP contribution in [0.1, 0.15) is 13.8 Å². The highest BCUT2D eigenvalue weighted by atomic mass is 32.1. The van der Waals surface area contributed by atoms with Crippen LogP contribution in [0.25, 0.3) is 0 Å². The van der Waals surface area contributed by atoms with Gasteiger partial charge in [-0.05, 0) is 13.8 Å². The van der Waals surface area contributed by atoms with Crippen molar-refractivity contribution in [1.29, 1.82) is 0 Å². The molecule has 16 heavy (non-hydrogen) atoms. The molecule has 0 aliphatic rings. The molecule has 0 aromatic heterocycles. The molecule has 5 nitrogen and oxygen atoms in total. The Labute approximate surface area is 102 Å². The summed E-state index contributed by atoms with van der Waals surface area (Å²) in [6.45, 7) is 6.30. The molecule has 1 amide bonds. The predicted octanol–water partition coefficient (Wildman–Crippen LogP) is -0.197. The summed E-state index contributed by atoms with van der Waals surface area (Å²) in [5.41, 5.74) is 5.23. The molecule has 0 radical (unpaired) electrons. The zero-order valence-electron chi connectivity index (χ0n) is 9.99. The Bertz CT molecular complexity index is 195. The van der Waals surface area contributed by atoms with Gasteiger partial charge in [-0.3, -0.25) is 4.79 Å². The van der Waals surface area contributed by atoms with Crippen LogP contribution in [0.15, 0.2) is 0 Å². The van der Waals surface area contributed by atoms with E-state index in [4.69, 9.17) is 15.2 Å². The number of ether oxygens (including phenoxy) is 2. The quantitative estimate of drug-likeness (QED) is 0.391. The van der Waals surface area contributed by atoms with Crippen LogP contribution in [0.2, 0.25) is 0 Å². The second kappa shape index (κ2) is 8.81. The summed E-state index contributed by atoms with van der Waals surface area (Å²) in [4.78, 5) is 11.2. The zero-order valence-corrected chi connectivity index (χ0v) is 10.9. The van der Waals surface area contributed by atoms with Crippen molar-refractivity contribution in [2.45, 2.75) is 18.6 Å². The van der Waals surface area contributed by atoms with Crippen molar-refractivity contribution in [2.75, 3.05) is 39.5 Å². The Morgan fingerprint density at radius 1 is 1.31 bits per heavy atom. The lowest BCUT2D eigenvalue weighted by atomic mass is 10.2. The number of carbonyl (C=O) groups is 1. The summed E-state index contributed by atoms with van der Waals surface area (Å²) in [6, 6.07) is 0. The smallest absolute Gasteiger partial charge is 0.246 e. The standard InChI is InChI=1S/C10H22N2O3S/c1-10(2,16)8-12-9(13)7-15-6-5-14-4-3-11/h16H,3-8,11H2,1-2H3,(H,12,13). The number of hydrogen-bond acceptors (Lipinski definition) is 5. The van der Waals surface area contributed by atoms with Crippen molar-refractivity contribution in [3.8, 4) is 0 Å². The van der Waals surface area contributed by atoms with Crippen molar-refractivity contribution < 1.29 is 14.3 Å². The lowest BCUT2D eigenvalue weighted by molar-refractivity contribution is -0.126. The average Bonchev–Trinajstić information content (AvgIpc) is 2.19. The van der Waals surface area contributed by atoms with Crippen LogP contribution in [0.3, 0.4) is 0 Å². The van der Waals surface area contributed by atoms with Gasteiger partial charge in [0.1, 0.15) is 6.61 Å². The molecular formula is C10H22N2O3S. The molecule has 0 aromatic carbocycles. The number of nitrogens with one attached hydrogen (secondary N) is 1. The third-order valence-corrected chi connectivity index (χ3v) is 1.74. The summed E-state index contributed by atoms with van der Waals surface area (Å²) in [5, 5.41) is 2.72. The zero-order chi connectivity index (χ0) is 12.4. The minimum Gasteiger partial charge on any atom is -0.378 e. The van der Waals surface area contributed by atoms with Crippen LogP contribution in [0, 0.1) is 0 Å². The highest BCUT2D eigenvalue weighted by molar-refractivity contribution is 7.81. The van der Waals surface area contributed by atoms with Gasteiger partial charge in [0.2, 0.25) is 5.91 Å². The van der Waals surface area contributed by atoms with E-state index in [0.717, 1.165) is 0 Å². The number of carbonyl (C=O) groups excluding carboxylic acids is 1. The van der Waals surface area contributed by atoms with Gasteiger partial charge >= 0.3 is 0 Å². The minimum absolute atomic E-state index is 0.0514. The van der Waals surface area contributed by atoms with E-state index in [2.05, 4.69) is 17.9 Å². The van der Waals surface area contributed by atoms with E-state index in [-0.39, 0.29) is 17.3 Å². The summed E-state index contributed by atoms with van der Waals surface area (Å²) in [6.07, 6.45) is 0. The van der Waals surface area contributed by atoms with Crippen LogP contribution >= 0.6 is 12.6 Å². The summed E-state index contributed by atoms with van der Waals surface area (Å²) in [5.74, 6) is -0.138. The van der Waals surface area contributed by atoms with Gasteiger partial charge in [0, 0.05) is 17.8 Å². The van der Waals surface area contributed by atoms with E-state index in [1.807, 2.05) is 13.8 Å². The highest BCUT2D eigenvalue weighted by Crippen LogP contribution is 2.08. The minimum atomic E-state index is -0.208. The van der Waals surface area contributed by atoms with Gasteiger partial charge < -0.3 is 20.5 Å². The Kier molecular flexibility index (Phi) is 8.64. The van der Waals surface area contributed by atoms with Crippen molar-refractivity contribution >= 4 is 18.5 Å². The van der Waals surface area contributed by atoms with Crippen molar-refractivity contribution in [2.24, 2.45) is 5.73 Å². The van der Waals surface area contributed by atoms with Crippen LogP contribution in [-0.2, 0) is 14.3 Å². The van der Waals surface area contributed by atoms with Gasteiger partial charge in [-0.2, -0.15) is 12.6 Å². The van der Waals surface area contributed by atoms with Crippen LogP contribution in [0.5, 0.6) is 0 Å². The summed E-state index contributed by atoms with van der Waals surface area (Å²) < 4.78 is 9.98. The maximum Gasteiger partial charge on any atom is 0.246 e. The summed E-state index contributed by atoms with van der Waals surface area (Å²) in [7, 11) is 0. The number of amides is 1. The molecule has 0 spiro atoms. The Morgan fingerprint density at radius 2 is 1.94 bits per heavy atom. The fourth-order valence-corrected chi connectivity index (χ4v) is 0.913. The molecule has 0 unspecified atom stereocenters. The molecule has 0 atom stereocenters. The van der Waals surface area contributed by atoms with Gasteiger partial charge in [-0.25, -0.2) is 0 Å².